The smallest absolute Gasteiger partial charge is 0.303 e. The molecule has 2 aliphatic rings. The maximum atomic E-state index is 12.2. The number of rotatable bonds is 5. The molecule has 1 aliphatic heterocycles. The third kappa shape index (κ3) is 2.65. The van der Waals surface area contributed by atoms with Gasteiger partial charge in [0.25, 0.3) is 0 Å². The average Bonchev–Trinajstić information content (AvgIpc) is 2.84. The van der Waals surface area contributed by atoms with E-state index in [1.165, 1.54) is 4.90 Å². The summed E-state index contributed by atoms with van der Waals surface area (Å²) in [6.07, 6.45) is 2.64. The van der Waals surface area contributed by atoms with Crippen molar-refractivity contribution in [3.8, 4) is 0 Å². The molecule has 2 fully saturated rings. The van der Waals surface area contributed by atoms with Gasteiger partial charge in [-0.05, 0) is 24.7 Å². The molecule has 0 aromatic heterocycles. The average molecular weight is 267 g/mol. The van der Waals surface area contributed by atoms with E-state index in [4.69, 9.17) is 5.11 Å². The number of carboxylic acid groups (broad SMARTS) is 1. The molecule has 106 valence electrons. The summed E-state index contributed by atoms with van der Waals surface area (Å²) in [5.74, 6) is -1.04. The van der Waals surface area contributed by atoms with Crippen LogP contribution in [0.4, 0.5) is 0 Å². The van der Waals surface area contributed by atoms with E-state index in [0.717, 1.165) is 19.3 Å². The summed E-state index contributed by atoms with van der Waals surface area (Å²) in [5.41, 5.74) is 0. The second-order valence-electron chi connectivity index (χ2n) is 5.95. The molecule has 3 unspecified atom stereocenters. The Morgan fingerprint density at radius 3 is 2.26 bits per heavy atom. The zero-order chi connectivity index (χ0) is 14.2. The van der Waals surface area contributed by atoms with Crippen LogP contribution in [0.1, 0.15) is 39.5 Å². The molecule has 1 aliphatic carbocycles. The highest BCUT2D eigenvalue weighted by Crippen LogP contribution is 2.44. The highest BCUT2D eigenvalue weighted by Gasteiger charge is 2.52. The van der Waals surface area contributed by atoms with Gasteiger partial charge in [-0.15, -0.1) is 0 Å². The molecule has 0 aromatic rings. The van der Waals surface area contributed by atoms with Crippen LogP contribution in [-0.2, 0) is 14.4 Å². The number of nitrogens with zero attached hydrogens (tertiary/aromatic N) is 1. The fraction of sp³-hybridized carbons (Fsp3) is 0.786. The van der Waals surface area contributed by atoms with Crippen LogP contribution in [0.2, 0.25) is 0 Å². The van der Waals surface area contributed by atoms with Crippen LogP contribution in [0.25, 0.3) is 0 Å². The molecule has 19 heavy (non-hydrogen) atoms. The van der Waals surface area contributed by atoms with E-state index in [-0.39, 0.29) is 42.5 Å². The number of carbonyl (C=O) groups is 3. The van der Waals surface area contributed by atoms with Crippen molar-refractivity contribution >= 4 is 17.8 Å². The number of carboxylic acids is 1. The number of carbonyl (C=O) groups excluding carboxylic acids is 2. The number of aliphatic carboxylic acids is 1. The predicted molar refractivity (Wildman–Crippen MR) is 68.1 cm³/mol. The van der Waals surface area contributed by atoms with Gasteiger partial charge in [0.1, 0.15) is 0 Å². The Hall–Kier alpha value is -1.39. The van der Waals surface area contributed by atoms with Crippen LogP contribution in [0.3, 0.4) is 0 Å². The van der Waals surface area contributed by atoms with Gasteiger partial charge in [-0.2, -0.15) is 0 Å². The van der Waals surface area contributed by atoms with E-state index < -0.39 is 5.97 Å². The lowest BCUT2D eigenvalue weighted by atomic mass is 10.00. The number of imide groups is 1. The lowest BCUT2D eigenvalue weighted by Gasteiger charge is -2.20. The van der Waals surface area contributed by atoms with Crippen molar-refractivity contribution in [1.82, 2.24) is 4.90 Å². The molecular formula is C14H21NO4. The molecule has 0 radical (unpaired) electrons. The SMILES string of the molecule is CCC1CC2C(=O)N(CC(C)CC(=O)O)C(=O)C2C1. The predicted octanol–water partition coefficient (Wildman–Crippen LogP) is 1.52. The van der Waals surface area contributed by atoms with Crippen molar-refractivity contribution in [2.75, 3.05) is 6.54 Å². The zero-order valence-corrected chi connectivity index (χ0v) is 11.5. The van der Waals surface area contributed by atoms with E-state index in [2.05, 4.69) is 6.92 Å². The Morgan fingerprint density at radius 2 is 1.84 bits per heavy atom. The van der Waals surface area contributed by atoms with Gasteiger partial charge < -0.3 is 5.11 Å². The Bertz CT molecular complexity index is 382. The number of hydrogen-bond donors (Lipinski definition) is 1. The Balaban J connectivity index is 2.00. The second-order valence-corrected chi connectivity index (χ2v) is 5.95. The lowest BCUT2D eigenvalue weighted by molar-refractivity contribution is -0.144. The van der Waals surface area contributed by atoms with Crippen LogP contribution in [-0.4, -0.2) is 34.3 Å². The van der Waals surface area contributed by atoms with Gasteiger partial charge in [0, 0.05) is 13.0 Å². The molecule has 0 aromatic carbocycles. The van der Waals surface area contributed by atoms with Crippen LogP contribution in [0, 0.1) is 23.7 Å². The molecule has 5 heteroatoms. The molecule has 2 amide bonds. The first-order chi connectivity index (χ1) is 8.93. The monoisotopic (exact) mass is 267 g/mol. The van der Waals surface area contributed by atoms with Crippen LogP contribution in [0.5, 0.6) is 0 Å². The first-order valence-electron chi connectivity index (χ1n) is 7.01. The number of likely N-dealkylation sites (tertiary alicyclic amines) is 1. The first-order valence-corrected chi connectivity index (χ1v) is 7.01. The van der Waals surface area contributed by atoms with E-state index in [0.29, 0.717) is 5.92 Å². The van der Waals surface area contributed by atoms with E-state index in [9.17, 15) is 14.4 Å². The van der Waals surface area contributed by atoms with Crippen LogP contribution >= 0.6 is 0 Å². The van der Waals surface area contributed by atoms with Gasteiger partial charge >= 0.3 is 5.97 Å². The van der Waals surface area contributed by atoms with Crippen molar-refractivity contribution in [2.24, 2.45) is 23.7 Å². The largest absolute Gasteiger partial charge is 0.481 e. The Morgan fingerprint density at radius 1 is 1.32 bits per heavy atom. The highest BCUT2D eigenvalue weighted by molar-refractivity contribution is 6.05. The molecular weight excluding hydrogens is 246 g/mol. The van der Waals surface area contributed by atoms with Gasteiger partial charge in [0.2, 0.25) is 11.8 Å². The highest BCUT2D eigenvalue weighted by atomic mass is 16.4. The third-order valence-electron chi connectivity index (χ3n) is 4.42. The summed E-state index contributed by atoms with van der Waals surface area (Å²) in [5, 5.41) is 8.73. The van der Waals surface area contributed by atoms with Gasteiger partial charge in [-0.25, -0.2) is 0 Å². The van der Waals surface area contributed by atoms with Gasteiger partial charge in [0.15, 0.2) is 0 Å². The maximum Gasteiger partial charge on any atom is 0.303 e. The van der Waals surface area contributed by atoms with E-state index in [1.807, 2.05) is 0 Å². The third-order valence-corrected chi connectivity index (χ3v) is 4.42. The molecule has 0 bridgehead atoms. The summed E-state index contributed by atoms with van der Waals surface area (Å²) >= 11 is 0. The molecule has 3 atom stereocenters. The first kappa shape index (κ1) is 14.0. The Labute approximate surface area is 113 Å². The fourth-order valence-electron chi connectivity index (χ4n) is 3.39. The number of hydrogen-bond acceptors (Lipinski definition) is 3. The quantitative estimate of drug-likeness (QED) is 0.766. The molecule has 5 nitrogen and oxygen atoms in total. The maximum absolute atomic E-state index is 12.2. The summed E-state index contributed by atoms with van der Waals surface area (Å²) in [6, 6.07) is 0. The molecule has 1 saturated carbocycles. The second kappa shape index (κ2) is 5.31. The molecule has 1 N–H and O–H groups in total. The van der Waals surface area contributed by atoms with Crippen molar-refractivity contribution in [3.63, 3.8) is 0 Å². The van der Waals surface area contributed by atoms with Crippen molar-refractivity contribution < 1.29 is 19.5 Å². The summed E-state index contributed by atoms with van der Waals surface area (Å²) in [6.45, 7) is 4.10. The van der Waals surface area contributed by atoms with Crippen molar-refractivity contribution in [2.45, 2.75) is 39.5 Å². The van der Waals surface area contributed by atoms with Gasteiger partial charge in [-0.1, -0.05) is 20.3 Å². The zero-order valence-electron chi connectivity index (χ0n) is 11.5. The summed E-state index contributed by atoms with van der Waals surface area (Å²) < 4.78 is 0. The summed E-state index contributed by atoms with van der Waals surface area (Å²) in [4.78, 5) is 36.4. The minimum atomic E-state index is -0.891. The Kier molecular flexibility index (Phi) is 3.92. The van der Waals surface area contributed by atoms with Crippen molar-refractivity contribution in [1.29, 1.82) is 0 Å². The lowest BCUT2D eigenvalue weighted by Crippen LogP contribution is -2.36. The van der Waals surface area contributed by atoms with Crippen LogP contribution < -0.4 is 0 Å². The van der Waals surface area contributed by atoms with E-state index >= 15 is 0 Å². The molecule has 1 heterocycles. The minimum Gasteiger partial charge on any atom is -0.481 e. The van der Waals surface area contributed by atoms with Gasteiger partial charge in [0.05, 0.1) is 11.8 Å². The topological polar surface area (TPSA) is 74.7 Å². The standard InChI is InChI=1S/C14H21NO4/c1-3-9-5-10-11(6-9)14(19)15(13(10)18)7-8(2)4-12(16)17/h8-11H,3-7H2,1-2H3,(H,16,17). The minimum absolute atomic E-state index is 0.00994. The molecule has 2 rings (SSSR count). The van der Waals surface area contributed by atoms with Gasteiger partial charge in [-0.3, -0.25) is 19.3 Å². The number of amides is 2. The van der Waals surface area contributed by atoms with Crippen molar-refractivity contribution in [3.05, 3.63) is 0 Å². The molecule has 0 spiro atoms. The number of fused-ring (bicyclic) bond motifs is 1. The van der Waals surface area contributed by atoms with Crippen LogP contribution in [0.15, 0.2) is 0 Å². The normalized spacial score (nSPS) is 31.7. The fourth-order valence-corrected chi connectivity index (χ4v) is 3.39. The summed E-state index contributed by atoms with van der Waals surface area (Å²) in [7, 11) is 0. The van der Waals surface area contributed by atoms with E-state index in [1.54, 1.807) is 6.92 Å². The molecule has 1 saturated heterocycles.